The van der Waals surface area contributed by atoms with Crippen LogP contribution in [-0.2, 0) is 19.1 Å². The minimum atomic E-state index is -0.385. The number of hydrazone groups is 1. The number of unbranched alkanes of at least 4 members (excludes halogenated alkanes) is 3. The number of para-hydroxylation sites is 1. The van der Waals surface area contributed by atoms with Crippen molar-refractivity contribution < 1.29 is 38.0 Å². The van der Waals surface area contributed by atoms with E-state index in [-0.39, 0.29) is 23.9 Å². The minimum absolute atomic E-state index is 0.0540. The molecule has 1 atom stereocenters. The maximum Gasteiger partial charge on any atom is 0.330 e. The molecule has 3 aromatic carbocycles. The van der Waals surface area contributed by atoms with Gasteiger partial charge in [0.1, 0.15) is 23.0 Å². The SMILES string of the molecule is C=COCCCC(C)N(/N=C/c1cc(OCC2CCC(CCC)CC2)ccc1OCC1CCC(C(=O)Oc2ccc(OCCCCCCOC(=O)C=C)cc2)CC1)c1nc2ccccc2s1. The lowest BCUT2D eigenvalue weighted by Gasteiger charge is -2.28. The van der Waals surface area contributed by atoms with Crippen molar-refractivity contribution in [1.29, 1.82) is 0 Å². The topological polar surface area (TPSA) is 118 Å². The van der Waals surface area contributed by atoms with E-state index in [4.69, 9.17) is 38.5 Å². The fraction of sp³-hybridized carbons (Fsp3) is 0.519. The van der Waals surface area contributed by atoms with Gasteiger partial charge >= 0.3 is 11.9 Å². The summed E-state index contributed by atoms with van der Waals surface area (Å²) >= 11 is 1.63. The number of thiazole rings is 1. The van der Waals surface area contributed by atoms with Gasteiger partial charge in [0.25, 0.3) is 0 Å². The molecule has 0 amide bonds. The summed E-state index contributed by atoms with van der Waals surface area (Å²) in [5, 5.41) is 7.98. The molecule has 66 heavy (non-hydrogen) atoms. The van der Waals surface area contributed by atoms with E-state index in [1.165, 1.54) is 50.9 Å². The van der Waals surface area contributed by atoms with Crippen LogP contribution in [0.3, 0.4) is 0 Å². The second kappa shape index (κ2) is 27.3. The van der Waals surface area contributed by atoms with E-state index in [1.807, 2.05) is 53.7 Å². The van der Waals surface area contributed by atoms with Gasteiger partial charge in [-0.15, -0.1) is 0 Å². The number of carbonyl (C=O) groups is 2. The molecule has 0 radical (unpaired) electrons. The smallest absolute Gasteiger partial charge is 0.330 e. The van der Waals surface area contributed by atoms with E-state index < -0.39 is 0 Å². The van der Waals surface area contributed by atoms with E-state index in [1.54, 1.807) is 23.5 Å². The van der Waals surface area contributed by atoms with Crippen LogP contribution in [0.25, 0.3) is 10.2 Å². The molecular formula is C54H71N3O8S. The van der Waals surface area contributed by atoms with Crippen LogP contribution in [-0.4, -0.2) is 62.2 Å². The van der Waals surface area contributed by atoms with Crippen molar-refractivity contribution in [2.75, 3.05) is 38.0 Å². The summed E-state index contributed by atoms with van der Waals surface area (Å²) in [7, 11) is 0. The molecule has 4 aromatic rings. The van der Waals surface area contributed by atoms with Gasteiger partial charge in [0.2, 0.25) is 5.13 Å². The van der Waals surface area contributed by atoms with E-state index in [9.17, 15) is 9.59 Å². The van der Waals surface area contributed by atoms with Crippen LogP contribution in [0.15, 0.2) is 97.3 Å². The largest absolute Gasteiger partial charge is 0.502 e. The fourth-order valence-corrected chi connectivity index (χ4v) is 9.84. The van der Waals surface area contributed by atoms with Gasteiger partial charge in [0.05, 0.1) is 67.7 Å². The maximum atomic E-state index is 13.2. The third-order valence-electron chi connectivity index (χ3n) is 12.8. The second-order valence-electron chi connectivity index (χ2n) is 17.8. The van der Waals surface area contributed by atoms with Crippen molar-refractivity contribution in [1.82, 2.24) is 4.98 Å². The van der Waals surface area contributed by atoms with Gasteiger partial charge < -0.3 is 28.4 Å². The van der Waals surface area contributed by atoms with Crippen molar-refractivity contribution in [2.24, 2.45) is 28.8 Å². The van der Waals surface area contributed by atoms with E-state index in [0.717, 1.165) is 108 Å². The maximum absolute atomic E-state index is 13.2. The molecule has 2 fully saturated rings. The quantitative estimate of drug-likeness (QED) is 0.0104. The predicted molar refractivity (Wildman–Crippen MR) is 265 cm³/mol. The third kappa shape index (κ3) is 16.2. The molecule has 356 valence electrons. The highest BCUT2D eigenvalue weighted by Gasteiger charge is 2.29. The molecule has 0 saturated heterocycles. The van der Waals surface area contributed by atoms with Gasteiger partial charge in [0.15, 0.2) is 0 Å². The van der Waals surface area contributed by atoms with Crippen molar-refractivity contribution >= 4 is 44.8 Å². The summed E-state index contributed by atoms with van der Waals surface area (Å²) in [5.74, 6) is 3.82. The molecule has 1 heterocycles. The summed E-state index contributed by atoms with van der Waals surface area (Å²) in [6.45, 7) is 14.4. The van der Waals surface area contributed by atoms with Crippen molar-refractivity contribution in [2.45, 2.75) is 123 Å². The Hall–Kier alpha value is -5.36. The Morgan fingerprint density at radius 2 is 1.47 bits per heavy atom. The first-order valence-electron chi connectivity index (χ1n) is 24.4. The van der Waals surface area contributed by atoms with Gasteiger partial charge in [-0.05, 0) is 156 Å². The highest BCUT2D eigenvalue weighted by atomic mass is 32.1. The van der Waals surface area contributed by atoms with E-state index in [2.05, 4.69) is 39.1 Å². The first-order valence-corrected chi connectivity index (χ1v) is 25.2. The van der Waals surface area contributed by atoms with Crippen LogP contribution in [0.2, 0.25) is 0 Å². The summed E-state index contributed by atoms with van der Waals surface area (Å²) in [6.07, 6.45) is 20.8. The predicted octanol–water partition coefficient (Wildman–Crippen LogP) is 12.9. The number of carbonyl (C=O) groups excluding carboxylic acids is 2. The number of esters is 2. The monoisotopic (exact) mass is 921 g/mol. The minimum Gasteiger partial charge on any atom is -0.502 e. The van der Waals surface area contributed by atoms with Gasteiger partial charge in [-0.2, -0.15) is 5.10 Å². The summed E-state index contributed by atoms with van der Waals surface area (Å²) < 4.78 is 36.3. The Bertz CT molecular complexity index is 2090. The molecule has 1 aromatic heterocycles. The number of anilines is 1. The van der Waals surface area contributed by atoms with E-state index in [0.29, 0.717) is 50.6 Å². The van der Waals surface area contributed by atoms with Crippen molar-refractivity contribution in [3.8, 4) is 23.0 Å². The molecular weight excluding hydrogens is 851 g/mol. The average Bonchev–Trinajstić information content (AvgIpc) is 3.78. The normalized spacial score (nSPS) is 18.9. The molecule has 6 rings (SSSR count). The zero-order valence-electron chi connectivity index (χ0n) is 39.2. The molecule has 0 aliphatic heterocycles. The number of rotatable bonds is 28. The van der Waals surface area contributed by atoms with Crippen LogP contribution in [0.5, 0.6) is 23.0 Å². The lowest BCUT2D eigenvalue weighted by molar-refractivity contribution is -0.140. The number of hydrogen-bond donors (Lipinski definition) is 0. The van der Waals surface area contributed by atoms with Crippen LogP contribution in [0.4, 0.5) is 5.13 Å². The molecule has 0 N–H and O–H groups in total. The molecule has 12 heteroatoms. The zero-order valence-corrected chi connectivity index (χ0v) is 40.1. The van der Waals surface area contributed by atoms with Gasteiger partial charge in [-0.25, -0.2) is 14.8 Å². The molecule has 2 saturated carbocycles. The number of ether oxygens (including phenoxy) is 6. The summed E-state index contributed by atoms with van der Waals surface area (Å²) in [4.78, 5) is 29.3. The average molecular weight is 922 g/mol. The third-order valence-corrected chi connectivity index (χ3v) is 13.8. The van der Waals surface area contributed by atoms with Crippen molar-refractivity contribution in [3.63, 3.8) is 0 Å². The van der Waals surface area contributed by atoms with Crippen LogP contribution >= 0.6 is 11.3 Å². The molecule has 2 aliphatic rings. The number of benzene rings is 3. The molecule has 1 unspecified atom stereocenters. The zero-order chi connectivity index (χ0) is 46.4. The standard InChI is InChI=1S/C54H71N3O8S/c1-5-15-41-19-21-42(22-20-41)38-63-48-31-32-50(45(36-48)37-55-57(40(4)16-14-33-60-7-3)54-56-49-17-10-11-18-51(49)66-54)64-39-43-23-25-44(26-24-43)53(59)65-47-29-27-46(28-30-47)61-34-12-8-9-13-35-62-52(58)6-2/h6-7,10-11,17-18,27-32,36-37,40-44H,2-3,5,8-9,12-16,19-26,33-35,38-39H2,1,4H3/b55-37+. The van der Waals surface area contributed by atoms with Crippen LogP contribution in [0, 0.1) is 23.7 Å². The Morgan fingerprint density at radius 1 is 0.788 bits per heavy atom. The number of nitrogens with zero attached hydrogens (tertiary/aromatic N) is 3. The highest BCUT2D eigenvalue weighted by Crippen LogP contribution is 2.35. The highest BCUT2D eigenvalue weighted by molar-refractivity contribution is 7.22. The van der Waals surface area contributed by atoms with Gasteiger partial charge in [-0.3, -0.25) is 4.79 Å². The second-order valence-corrected chi connectivity index (χ2v) is 18.8. The number of fused-ring (bicyclic) bond motifs is 1. The Morgan fingerprint density at radius 3 is 2.20 bits per heavy atom. The Kier molecular flexibility index (Phi) is 20.7. The van der Waals surface area contributed by atoms with Crippen LogP contribution < -0.4 is 24.0 Å². The Balaban J connectivity index is 1.03. The summed E-state index contributed by atoms with van der Waals surface area (Å²) in [6, 6.07) is 21.6. The van der Waals surface area contributed by atoms with Gasteiger partial charge in [-0.1, -0.05) is 69.2 Å². The Labute approximate surface area is 396 Å². The first-order chi connectivity index (χ1) is 32.3. The number of aromatic nitrogens is 1. The first kappa shape index (κ1) is 50.1. The van der Waals surface area contributed by atoms with Crippen molar-refractivity contribution in [3.05, 3.63) is 97.8 Å². The molecule has 0 bridgehead atoms. The lowest BCUT2D eigenvalue weighted by atomic mass is 9.80. The van der Waals surface area contributed by atoms with E-state index >= 15 is 0 Å². The molecule has 11 nitrogen and oxygen atoms in total. The fourth-order valence-electron chi connectivity index (χ4n) is 8.81. The van der Waals surface area contributed by atoms with Gasteiger partial charge in [0, 0.05) is 11.6 Å². The summed E-state index contributed by atoms with van der Waals surface area (Å²) in [5.41, 5.74) is 1.80. The number of hydrogen-bond acceptors (Lipinski definition) is 12. The van der Waals surface area contributed by atoms with Crippen LogP contribution in [0.1, 0.15) is 122 Å². The lowest BCUT2D eigenvalue weighted by Crippen LogP contribution is -2.28. The molecule has 0 spiro atoms. The molecule has 2 aliphatic carbocycles.